The summed E-state index contributed by atoms with van der Waals surface area (Å²) in [6.45, 7) is 2.85. The third kappa shape index (κ3) is 2.59. The van der Waals surface area contributed by atoms with Crippen molar-refractivity contribution in [2.24, 2.45) is 0 Å². The fraction of sp³-hybridized carbons (Fsp3) is 0.182. The van der Waals surface area contributed by atoms with Crippen LogP contribution in [0.4, 0.5) is 19.6 Å². The van der Waals surface area contributed by atoms with Gasteiger partial charge in [0.05, 0.1) is 5.69 Å². The molecule has 0 spiro atoms. The van der Waals surface area contributed by atoms with Gasteiger partial charge in [-0.1, -0.05) is 17.4 Å². The van der Waals surface area contributed by atoms with Crippen molar-refractivity contribution in [3.63, 3.8) is 0 Å². The summed E-state index contributed by atoms with van der Waals surface area (Å²) >= 11 is 0.728. The summed E-state index contributed by atoms with van der Waals surface area (Å²) in [6, 6.07) is 2.21. The highest BCUT2D eigenvalue weighted by Gasteiger charge is 2.24. The fourth-order valence-corrected chi connectivity index (χ4v) is 3.95. The molecule has 0 fully saturated rings. The highest BCUT2D eigenvalue weighted by molar-refractivity contribution is 7.94. The summed E-state index contributed by atoms with van der Waals surface area (Å²) in [5.41, 5.74) is 5.01. The van der Waals surface area contributed by atoms with E-state index in [1.54, 1.807) is 0 Å². The molecule has 2 aromatic rings. The van der Waals surface area contributed by atoms with Gasteiger partial charge in [-0.15, -0.1) is 0 Å². The maximum absolute atomic E-state index is 13.8. The second-order valence-corrected chi connectivity index (χ2v) is 6.99. The number of anilines is 2. The van der Waals surface area contributed by atoms with Crippen LogP contribution in [0, 0.1) is 25.5 Å². The van der Waals surface area contributed by atoms with Crippen LogP contribution in [-0.4, -0.2) is 13.4 Å². The van der Waals surface area contributed by atoms with Crippen molar-refractivity contribution in [3.05, 3.63) is 35.0 Å². The van der Waals surface area contributed by atoms with Crippen molar-refractivity contribution >= 4 is 32.2 Å². The van der Waals surface area contributed by atoms with Crippen molar-refractivity contribution in [2.45, 2.75) is 18.1 Å². The van der Waals surface area contributed by atoms with Gasteiger partial charge in [0.15, 0.2) is 15.2 Å². The number of rotatable bonds is 3. The molecule has 0 aliphatic rings. The number of aryl methyl sites for hydroxylation is 2. The van der Waals surface area contributed by atoms with Gasteiger partial charge in [0.1, 0.15) is 11.5 Å². The predicted molar refractivity (Wildman–Crippen MR) is 73.2 cm³/mol. The first-order valence-corrected chi connectivity index (χ1v) is 7.72. The first-order valence-electron chi connectivity index (χ1n) is 5.42. The zero-order valence-electron chi connectivity index (χ0n) is 10.6. The van der Waals surface area contributed by atoms with E-state index in [-0.39, 0.29) is 20.6 Å². The molecule has 1 heterocycles. The molecule has 20 heavy (non-hydrogen) atoms. The van der Waals surface area contributed by atoms with E-state index in [9.17, 15) is 17.2 Å². The highest BCUT2D eigenvalue weighted by atomic mass is 32.2. The third-order valence-electron chi connectivity index (χ3n) is 2.54. The molecule has 0 radical (unpaired) electrons. The second-order valence-electron chi connectivity index (χ2n) is 4.08. The molecule has 0 amide bonds. The molecule has 0 aliphatic carbocycles. The van der Waals surface area contributed by atoms with Crippen molar-refractivity contribution in [2.75, 3.05) is 10.5 Å². The Bertz CT molecular complexity index is 772. The van der Waals surface area contributed by atoms with Crippen LogP contribution >= 0.6 is 11.3 Å². The van der Waals surface area contributed by atoms with Crippen molar-refractivity contribution in [3.8, 4) is 0 Å². The number of benzene rings is 1. The summed E-state index contributed by atoms with van der Waals surface area (Å²) < 4.78 is 53.4. The van der Waals surface area contributed by atoms with E-state index in [1.807, 2.05) is 4.72 Å². The van der Waals surface area contributed by atoms with Gasteiger partial charge in [-0.25, -0.2) is 22.2 Å². The van der Waals surface area contributed by atoms with Gasteiger partial charge in [-0.3, -0.25) is 4.72 Å². The summed E-state index contributed by atoms with van der Waals surface area (Å²) in [4.78, 5) is 3.77. The molecule has 2 rings (SSSR count). The smallest absolute Gasteiger partial charge is 0.273 e. The predicted octanol–water partition coefficient (Wildman–Crippen LogP) is 2.42. The van der Waals surface area contributed by atoms with E-state index < -0.39 is 27.3 Å². The molecule has 0 bridgehead atoms. The van der Waals surface area contributed by atoms with Gasteiger partial charge >= 0.3 is 0 Å². The number of nitrogens with zero attached hydrogens (tertiary/aromatic N) is 1. The molecule has 5 nitrogen and oxygen atoms in total. The van der Waals surface area contributed by atoms with Crippen LogP contribution in [0.25, 0.3) is 0 Å². The Morgan fingerprint density at radius 1 is 1.30 bits per heavy atom. The standard InChI is InChI=1S/C11H11F2N3O2S2/c1-5-3-4-7(12)9(8(5)13)16-20(17,18)10-6(2)15-11(14)19-10/h3-4,16H,1-2H3,(H2,14,15). The van der Waals surface area contributed by atoms with Gasteiger partial charge in [0.2, 0.25) is 0 Å². The molecule has 1 aromatic carbocycles. The van der Waals surface area contributed by atoms with Crippen molar-refractivity contribution in [1.29, 1.82) is 0 Å². The lowest BCUT2D eigenvalue weighted by atomic mass is 10.2. The number of thiazole rings is 1. The van der Waals surface area contributed by atoms with Gasteiger partial charge in [0.25, 0.3) is 10.0 Å². The molecule has 0 aliphatic heterocycles. The van der Waals surface area contributed by atoms with Crippen LogP contribution in [-0.2, 0) is 10.0 Å². The topological polar surface area (TPSA) is 85.1 Å². The molecular weight excluding hydrogens is 308 g/mol. The largest absolute Gasteiger partial charge is 0.375 e. The van der Waals surface area contributed by atoms with Gasteiger partial charge < -0.3 is 5.73 Å². The summed E-state index contributed by atoms with van der Waals surface area (Å²) in [5, 5.41) is 0.0630. The fourth-order valence-electron chi connectivity index (χ4n) is 1.58. The van der Waals surface area contributed by atoms with E-state index >= 15 is 0 Å². The first-order chi connectivity index (χ1) is 9.22. The van der Waals surface area contributed by atoms with Crippen molar-refractivity contribution in [1.82, 2.24) is 4.98 Å². The molecule has 9 heteroatoms. The number of sulfonamides is 1. The molecule has 0 unspecified atom stereocenters. The minimum atomic E-state index is -4.14. The molecule has 0 saturated carbocycles. The van der Waals surface area contributed by atoms with E-state index in [0.717, 1.165) is 17.4 Å². The number of aromatic nitrogens is 1. The minimum Gasteiger partial charge on any atom is -0.375 e. The molecule has 0 atom stereocenters. The van der Waals surface area contributed by atoms with E-state index in [1.165, 1.54) is 19.9 Å². The number of hydrogen-bond donors (Lipinski definition) is 2. The lowest BCUT2D eigenvalue weighted by Crippen LogP contribution is -2.15. The second kappa shape index (κ2) is 4.98. The lowest BCUT2D eigenvalue weighted by Gasteiger charge is -2.10. The first kappa shape index (κ1) is 14.7. The Labute approximate surface area is 118 Å². The average Bonchev–Trinajstić information content (AvgIpc) is 2.70. The van der Waals surface area contributed by atoms with Crippen LogP contribution in [0.5, 0.6) is 0 Å². The number of halogens is 2. The SMILES string of the molecule is Cc1ccc(F)c(NS(=O)(=O)c2sc(N)nc2C)c1F. The van der Waals surface area contributed by atoms with Crippen LogP contribution in [0.15, 0.2) is 16.3 Å². The maximum Gasteiger partial charge on any atom is 0.273 e. The Hall–Kier alpha value is -1.74. The number of nitrogen functional groups attached to an aromatic ring is 1. The maximum atomic E-state index is 13.8. The lowest BCUT2D eigenvalue weighted by molar-refractivity contribution is 0.579. The molecule has 3 N–H and O–H groups in total. The van der Waals surface area contributed by atoms with Crippen LogP contribution in [0.2, 0.25) is 0 Å². The normalized spacial score (nSPS) is 11.6. The monoisotopic (exact) mass is 319 g/mol. The van der Waals surface area contributed by atoms with Crippen molar-refractivity contribution < 1.29 is 17.2 Å². The Morgan fingerprint density at radius 2 is 1.95 bits per heavy atom. The van der Waals surface area contributed by atoms with Gasteiger partial charge in [0, 0.05) is 0 Å². The number of nitrogens with two attached hydrogens (primary N) is 1. The van der Waals surface area contributed by atoms with Crippen LogP contribution in [0.1, 0.15) is 11.3 Å². The zero-order valence-corrected chi connectivity index (χ0v) is 12.2. The number of hydrogen-bond acceptors (Lipinski definition) is 5. The molecule has 108 valence electrons. The summed E-state index contributed by atoms with van der Waals surface area (Å²) in [5.74, 6) is -1.95. The minimum absolute atomic E-state index is 0.0630. The Balaban J connectivity index is 2.49. The van der Waals surface area contributed by atoms with Gasteiger partial charge in [-0.2, -0.15) is 0 Å². The average molecular weight is 319 g/mol. The van der Waals surface area contributed by atoms with Crippen LogP contribution < -0.4 is 10.5 Å². The Kier molecular flexibility index (Phi) is 3.65. The summed E-state index contributed by atoms with van der Waals surface area (Å²) in [7, 11) is -4.14. The van der Waals surface area contributed by atoms with Gasteiger partial charge in [-0.05, 0) is 25.5 Å². The summed E-state index contributed by atoms with van der Waals surface area (Å²) in [6.07, 6.45) is 0. The quantitative estimate of drug-likeness (QED) is 0.910. The van der Waals surface area contributed by atoms with E-state index in [4.69, 9.17) is 5.73 Å². The van der Waals surface area contributed by atoms with Crippen LogP contribution in [0.3, 0.4) is 0 Å². The molecule has 1 aromatic heterocycles. The molecule has 0 saturated heterocycles. The highest BCUT2D eigenvalue weighted by Crippen LogP contribution is 2.29. The van der Waals surface area contributed by atoms with E-state index in [0.29, 0.717) is 0 Å². The number of nitrogens with one attached hydrogen (secondary N) is 1. The third-order valence-corrected chi connectivity index (χ3v) is 5.48. The Morgan fingerprint density at radius 3 is 2.50 bits per heavy atom. The van der Waals surface area contributed by atoms with E-state index in [2.05, 4.69) is 4.98 Å². The molecular formula is C11H11F2N3O2S2. The zero-order chi connectivity index (χ0) is 15.1.